The summed E-state index contributed by atoms with van der Waals surface area (Å²) in [6.07, 6.45) is -6.03. The number of rotatable bonds is 11. The predicted octanol–water partition coefficient (Wildman–Crippen LogP) is 3.06. The van der Waals surface area contributed by atoms with Crippen molar-refractivity contribution < 1.29 is 50.5 Å². The Morgan fingerprint density at radius 1 is 1.06 bits per heavy atom. The monoisotopic (exact) mass is 779 g/mol. The van der Waals surface area contributed by atoms with E-state index in [9.17, 15) is 31.5 Å². The molecule has 2 amide bonds. The third kappa shape index (κ3) is 6.73. The average Bonchev–Trinajstić information content (AvgIpc) is 3.82. The van der Waals surface area contributed by atoms with Crippen LogP contribution in [-0.4, -0.2) is 109 Å². The number of aliphatic hydroxyl groups is 1. The summed E-state index contributed by atoms with van der Waals surface area (Å²) in [6, 6.07) is 10.2. The van der Waals surface area contributed by atoms with Crippen LogP contribution >= 0.6 is 11.6 Å². The van der Waals surface area contributed by atoms with Crippen LogP contribution in [0.2, 0.25) is 5.02 Å². The number of β-amino-alcohol motifs (C(OH)–C–C–N with tert-alkyl or cyclic N) is 1. The minimum absolute atomic E-state index is 0.0374. The molecule has 1 saturated heterocycles. The number of aromatic nitrogens is 4. The SMILES string of the molecule is COc1ccc(S(=O)(=O)N2C(=O)C(c3cc(CCc4nn[nH]n4)ccc3OC)(N3C[C@H](O)C[C@H]3C(=O)N(C)C)c3cc(Cl)ccc32)c(OC(F)(F)F)c1. The first kappa shape index (κ1) is 37.8. The van der Waals surface area contributed by atoms with Crippen molar-refractivity contribution in [3.05, 3.63) is 82.1 Å². The highest BCUT2D eigenvalue weighted by Gasteiger charge is 2.64. The smallest absolute Gasteiger partial charge is 0.497 e. The molecule has 6 rings (SSSR count). The van der Waals surface area contributed by atoms with E-state index in [1.54, 1.807) is 18.2 Å². The van der Waals surface area contributed by atoms with Gasteiger partial charge in [0.25, 0.3) is 15.9 Å². The molecule has 282 valence electrons. The van der Waals surface area contributed by atoms with Crippen LogP contribution in [0, 0.1) is 0 Å². The molecule has 0 radical (unpaired) electrons. The lowest BCUT2D eigenvalue weighted by molar-refractivity contribution is -0.275. The number of hydrogen-bond acceptors (Lipinski definition) is 12. The number of aromatic amines is 1. The van der Waals surface area contributed by atoms with Gasteiger partial charge in [0.05, 0.1) is 32.1 Å². The number of alkyl halides is 3. The Balaban J connectivity index is 1.65. The highest BCUT2D eigenvalue weighted by atomic mass is 35.5. The predicted molar refractivity (Wildman–Crippen MR) is 181 cm³/mol. The fourth-order valence-electron chi connectivity index (χ4n) is 6.86. The number of aliphatic hydroxyl groups excluding tert-OH is 1. The maximum Gasteiger partial charge on any atom is 0.573 e. The van der Waals surface area contributed by atoms with E-state index in [1.165, 1.54) is 56.3 Å². The van der Waals surface area contributed by atoms with Crippen LogP contribution in [0.5, 0.6) is 17.2 Å². The van der Waals surface area contributed by atoms with Gasteiger partial charge in [0.1, 0.15) is 16.4 Å². The number of aryl methyl sites for hydroxylation is 2. The Kier molecular flexibility index (Phi) is 10.1. The number of fused-ring (bicyclic) bond motifs is 1. The maximum absolute atomic E-state index is 15.6. The number of likely N-dealkylation sites (N-methyl/N-ethyl adjacent to an activating group) is 1. The fraction of sp³-hybridized carbons (Fsp3) is 0.364. The largest absolute Gasteiger partial charge is 0.573 e. The van der Waals surface area contributed by atoms with Crippen LogP contribution in [0.1, 0.15) is 28.9 Å². The number of likely N-dealkylation sites (tertiary alicyclic amines) is 1. The summed E-state index contributed by atoms with van der Waals surface area (Å²) < 4.78 is 85.9. The number of benzene rings is 3. The van der Waals surface area contributed by atoms with Crippen molar-refractivity contribution in [1.82, 2.24) is 30.4 Å². The van der Waals surface area contributed by atoms with E-state index >= 15 is 4.79 Å². The molecule has 2 aliphatic heterocycles. The number of methoxy groups -OCH3 is 2. The first-order valence-corrected chi connectivity index (χ1v) is 17.7. The molecule has 0 bridgehead atoms. The number of ether oxygens (including phenoxy) is 3. The minimum Gasteiger partial charge on any atom is -0.497 e. The molecule has 2 aliphatic rings. The summed E-state index contributed by atoms with van der Waals surface area (Å²) >= 11 is 6.56. The Morgan fingerprint density at radius 2 is 1.81 bits per heavy atom. The zero-order valence-corrected chi connectivity index (χ0v) is 30.2. The van der Waals surface area contributed by atoms with Gasteiger partial charge in [0.2, 0.25) is 5.91 Å². The first-order chi connectivity index (χ1) is 25.0. The summed E-state index contributed by atoms with van der Waals surface area (Å²) in [5.74, 6) is -2.55. The molecule has 3 heterocycles. The van der Waals surface area contributed by atoms with Crippen LogP contribution in [0.15, 0.2) is 59.5 Å². The van der Waals surface area contributed by atoms with Crippen LogP contribution < -0.4 is 18.5 Å². The molecule has 1 fully saturated rings. The van der Waals surface area contributed by atoms with Crippen LogP contribution in [-0.2, 0) is 38.0 Å². The number of anilines is 1. The number of nitrogens with one attached hydrogen (secondary N) is 1. The number of H-pyrrole nitrogens is 1. The van der Waals surface area contributed by atoms with E-state index in [0.717, 1.165) is 18.2 Å². The summed E-state index contributed by atoms with van der Waals surface area (Å²) in [7, 11) is 0.191. The van der Waals surface area contributed by atoms with Crippen molar-refractivity contribution in [3.63, 3.8) is 0 Å². The number of halogens is 4. The van der Waals surface area contributed by atoms with Gasteiger partial charge in [0.15, 0.2) is 17.1 Å². The molecule has 0 spiro atoms. The highest BCUT2D eigenvalue weighted by Crippen LogP contribution is 2.55. The zero-order valence-electron chi connectivity index (χ0n) is 28.6. The van der Waals surface area contributed by atoms with E-state index in [0.29, 0.717) is 28.5 Å². The van der Waals surface area contributed by atoms with Gasteiger partial charge in [-0.05, 0) is 60.9 Å². The normalized spacial score (nSPS) is 20.4. The molecule has 3 atom stereocenters. The number of carbonyl (C=O) groups excluding carboxylic acids is 2. The van der Waals surface area contributed by atoms with Crippen molar-refractivity contribution in [2.24, 2.45) is 0 Å². The third-order valence-corrected chi connectivity index (χ3v) is 11.0. The lowest BCUT2D eigenvalue weighted by Crippen LogP contribution is -2.59. The molecule has 1 unspecified atom stereocenters. The van der Waals surface area contributed by atoms with Gasteiger partial charge in [-0.25, -0.2) is 12.7 Å². The van der Waals surface area contributed by atoms with Crippen molar-refractivity contribution in [1.29, 1.82) is 0 Å². The molecule has 0 saturated carbocycles. The second-order valence-corrected chi connectivity index (χ2v) is 14.7. The molecule has 53 heavy (non-hydrogen) atoms. The Hall–Kier alpha value is -4.98. The minimum atomic E-state index is -5.33. The van der Waals surface area contributed by atoms with Crippen LogP contribution in [0.4, 0.5) is 18.9 Å². The Morgan fingerprint density at radius 3 is 2.45 bits per heavy atom. The van der Waals surface area contributed by atoms with E-state index in [4.69, 9.17) is 21.1 Å². The molecule has 0 aliphatic carbocycles. The summed E-state index contributed by atoms with van der Waals surface area (Å²) in [5, 5.41) is 25.1. The van der Waals surface area contributed by atoms with Gasteiger partial charge >= 0.3 is 6.36 Å². The van der Waals surface area contributed by atoms with Crippen molar-refractivity contribution in [2.45, 2.75) is 48.2 Å². The quantitative estimate of drug-likeness (QED) is 0.228. The highest BCUT2D eigenvalue weighted by molar-refractivity contribution is 7.93. The maximum atomic E-state index is 15.6. The van der Waals surface area contributed by atoms with E-state index in [1.807, 2.05) is 0 Å². The molecular formula is C33H33ClF3N7O8S. The first-order valence-electron chi connectivity index (χ1n) is 15.9. The molecule has 1 aromatic heterocycles. The van der Waals surface area contributed by atoms with Crippen LogP contribution in [0.25, 0.3) is 0 Å². The van der Waals surface area contributed by atoms with E-state index in [-0.39, 0.29) is 46.3 Å². The molecule has 2 N–H and O–H groups in total. The third-order valence-electron chi connectivity index (χ3n) is 9.07. The van der Waals surface area contributed by atoms with E-state index in [2.05, 4.69) is 25.4 Å². The molecule has 15 nitrogen and oxygen atoms in total. The zero-order chi connectivity index (χ0) is 38.5. The van der Waals surface area contributed by atoms with Crippen LogP contribution in [0.3, 0.4) is 0 Å². The van der Waals surface area contributed by atoms with E-state index < -0.39 is 56.5 Å². The van der Waals surface area contributed by atoms with Crippen molar-refractivity contribution in [2.75, 3.05) is 39.2 Å². The summed E-state index contributed by atoms with van der Waals surface area (Å²) in [4.78, 5) is 31.1. The van der Waals surface area contributed by atoms with Gasteiger partial charge in [-0.1, -0.05) is 22.9 Å². The standard InChI is InChI=1S/C33H33ClF3N7O8S/c1-42(2)30(46)25-15-20(45)17-43(25)32(23-13-18(5-10-26(23)51-4)6-12-29-38-40-41-39-29)22-14-19(34)7-9-24(22)44(31(32)47)53(48,49)28-11-8-21(50-3)16-27(28)52-33(35,36)37/h5,7-11,13-14,16,20,25,45H,6,12,15,17H2,1-4H3,(H,38,39,40,41)/t20-,25+,32?/m1/s1. The topological polar surface area (TPSA) is 180 Å². The Bertz CT molecular complexity index is 2160. The van der Waals surface area contributed by atoms with Crippen molar-refractivity contribution in [3.8, 4) is 17.2 Å². The number of hydrogen-bond donors (Lipinski definition) is 2. The van der Waals surface area contributed by atoms with Gasteiger partial charge in [-0.3, -0.25) is 14.5 Å². The fourth-order valence-corrected chi connectivity index (χ4v) is 8.60. The van der Waals surface area contributed by atoms with Gasteiger partial charge < -0.3 is 24.2 Å². The molecule has 20 heteroatoms. The molecular weight excluding hydrogens is 747 g/mol. The number of amides is 2. The average molecular weight is 780 g/mol. The number of tetrazole rings is 1. The Labute approximate surface area is 306 Å². The number of sulfonamides is 1. The number of nitrogens with zero attached hydrogens (tertiary/aromatic N) is 6. The number of carbonyl (C=O) groups is 2. The van der Waals surface area contributed by atoms with Gasteiger partial charge in [-0.2, -0.15) is 5.21 Å². The summed E-state index contributed by atoms with van der Waals surface area (Å²) in [5.41, 5.74) is -1.90. The lowest BCUT2D eigenvalue weighted by Gasteiger charge is -2.42. The molecule has 3 aromatic carbocycles. The second kappa shape index (κ2) is 14.1. The van der Waals surface area contributed by atoms with Gasteiger partial charge in [0, 0.05) is 49.3 Å². The van der Waals surface area contributed by atoms with Gasteiger partial charge in [-0.15, -0.1) is 23.4 Å². The summed E-state index contributed by atoms with van der Waals surface area (Å²) in [6.45, 7) is -0.308. The molecule has 4 aromatic rings. The second-order valence-electron chi connectivity index (χ2n) is 12.5. The lowest BCUT2D eigenvalue weighted by atomic mass is 9.80. The van der Waals surface area contributed by atoms with Crippen molar-refractivity contribution >= 4 is 39.1 Å².